The van der Waals surface area contributed by atoms with Gasteiger partial charge >= 0.3 is 5.97 Å². The van der Waals surface area contributed by atoms with Crippen molar-refractivity contribution >= 4 is 5.97 Å². The number of aliphatic hydroxyl groups excluding tert-OH is 1. The van der Waals surface area contributed by atoms with E-state index in [0.29, 0.717) is 0 Å². The molecule has 1 aromatic rings. The van der Waals surface area contributed by atoms with Gasteiger partial charge in [-0.15, -0.1) is 0 Å². The molecule has 0 heterocycles. The second-order valence-electron chi connectivity index (χ2n) is 2.99. The molecular weight excluding hydrogens is 210 g/mol. The Labute approximate surface area is 92.5 Å². The van der Waals surface area contributed by atoms with Crippen LogP contribution in [0.5, 0.6) is 5.75 Å². The first-order chi connectivity index (χ1) is 7.65. The lowest BCUT2D eigenvalue weighted by atomic mass is 10.0. The largest absolute Gasteiger partial charge is 0.506 e. The van der Waals surface area contributed by atoms with Crippen LogP contribution in [0.4, 0.5) is 0 Å². The Morgan fingerprint density at radius 1 is 1.56 bits per heavy atom. The van der Waals surface area contributed by atoms with Gasteiger partial charge in [-0.05, 0) is 18.6 Å². The molecule has 0 bridgehead atoms. The highest BCUT2D eigenvalue weighted by Crippen LogP contribution is 2.26. The smallest absolute Gasteiger partial charge is 0.341 e. The third kappa shape index (κ3) is 2.12. The van der Waals surface area contributed by atoms with E-state index in [4.69, 9.17) is 15.1 Å². The quantitative estimate of drug-likeness (QED) is 0.741. The summed E-state index contributed by atoms with van der Waals surface area (Å²) < 4.78 is 4.71. The molecule has 0 aliphatic carbocycles. The van der Waals surface area contributed by atoms with E-state index in [2.05, 4.69) is 0 Å². The molecule has 0 spiro atoms. The van der Waals surface area contributed by atoms with Crippen molar-refractivity contribution in [3.63, 3.8) is 0 Å². The Morgan fingerprint density at radius 3 is 2.75 bits per heavy atom. The van der Waals surface area contributed by atoms with Crippen molar-refractivity contribution in [3.8, 4) is 11.8 Å². The molecule has 0 amide bonds. The third-order valence-corrected chi connectivity index (χ3v) is 2.04. The van der Waals surface area contributed by atoms with Crippen molar-refractivity contribution in [2.45, 2.75) is 13.5 Å². The van der Waals surface area contributed by atoms with Gasteiger partial charge in [0, 0.05) is 0 Å². The Bertz CT molecular complexity index is 448. The number of aromatic hydroxyl groups is 1. The summed E-state index contributed by atoms with van der Waals surface area (Å²) in [4.78, 5) is 11.4. The number of benzene rings is 1. The summed E-state index contributed by atoms with van der Waals surface area (Å²) >= 11 is 0. The van der Waals surface area contributed by atoms with Crippen molar-refractivity contribution in [3.05, 3.63) is 28.8 Å². The number of carbonyl (C=O) groups excluding carboxylic acids is 1. The van der Waals surface area contributed by atoms with Crippen LogP contribution in [0.2, 0.25) is 0 Å². The number of esters is 1. The minimum absolute atomic E-state index is 0.0735. The SMILES string of the molecule is CCOC(=O)c1ccc(CO)c(C#N)c1O. The van der Waals surface area contributed by atoms with Crippen LogP contribution in [-0.2, 0) is 11.3 Å². The van der Waals surface area contributed by atoms with Crippen LogP contribution in [0.1, 0.15) is 28.4 Å². The third-order valence-electron chi connectivity index (χ3n) is 2.04. The molecular formula is C11H11NO4. The minimum atomic E-state index is -0.694. The average Bonchev–Trinajstić information content (AvgIpc) is 2.28. The molecule has 5 nitrogen and oxygen atoms in total. The number of ether oxygens (including phenoxy) is 1. The van der Waals surface area contributed by atoms with Crippen molar-refractivity contribution in [2.24, 2.45) is 0 Å². The molecule has 0 aliphatic rings. The molecule has 0 atom stereocenters. The van der Waals surface area contributed by atoms with Gasteiger partial charge in [0.15, 0.2) is 0 Å². The molecule has 0 aliphatic heterocycles. The molecule has 1 rings (SSSR count). The van der Waals surface area contributed by atoms with Crippen LogP contribution in [-0.4, -0.2) is 22.8 Å². The number of hydrogen-bond donors (Lipinski definition) is 2. The Hall–Kier alpha value is -2.06. The van der Waals surface area contributed by atoms with Crippen LogP contribution in [0.15, 0.2) is 12.1 Å². The summed E-state index contributed by atoms with van der Waals surface area (Å²) in [5.41, 5.74) is 0.0942. The molecule has 0 fully saturated rings. The fourth-order valence-corrected chi connectivity index (χ4v) is 1.26. The van der Waals surface area contributed by atoms with Crippen LogP contribution in [0, 0.1) is 11.3 Å². The van der Waals surface area contributed by atoms with Crippen molar-refractivity contribution in [1.82, 2.24) is 0 Å². The first-order valence-electron chi connectivity index (χ1n) is 4.68. The van der Waals surface area contributed by atoms with Crippen LogP contribution < -0.4 is 0 Å². The number of phenolic OH excluding ortho intramolecular Hbond substituents is 1. The Morgan fingerprint density at radius 2 is 2.25 bits per heavy atom. The van der Waals surface area contributed by atoms with E-state index >= 15 is 0 Å². The van der Waals surface area contributed by atoms with Gasteiger partial charge in [-0.1, -0.05) is 6.07 Å². The second kappa shape index (κ2) is 5.14. The van der Waals surface area contributed by atoms with Gasteiger partial charge in [-0.25, -0.2) is 4.79 Å². The highest BCUT2D eigenvalue weighted by atomic mass is 16.5. The van der Waals surface area contributed by atoms with Crippen molar-refractivity contribution < 1.29 is 19.7 Å². The number of rotatable bonds is 3. The topological polar surface area (TPSA) is 90.5 Å². The number of hydrogen-bond acceptors (Lipinski definition) is 5. The maximum Gasteiger partial charge on any atom is 0.341 e. The van der Waals surface area contributed by atoms with Gasteiger partial charge in [0.25, 0.3) is 0 Å². The lowest BCUT2D eigenvalue weighted by Crippen LogP contribution is -2.06. The molecule has 0 saturated heterocycles. The molecule has 0 radical (unpaired) electrons. The first kappa shape index (κ1) is 12.0. The van der Waals surface area contributed by atoms with E-state index in [-0.39, 0.29) is 29.9 Å². The average molecular weight is 221 g/mol. The summed E-state index contributed by atoms with van der Waals surface area (Å²) in [5, 5.41) is 27.4. The van der Waals surface area contributed by atoms with E-state index in [1.165, 1.54) is 12.1 Å². The predicted molar refractivity (Wildman–Crippen MR) is 54.7 cm³/mol. The van der Waals surface area contributed by atoms with Gasteiger partial charge in [0.1, 0.15) is 22.9 Å². The minimum Gasteiger partial charge on any atom is -0.506 e. The van der Waals surface area contributed by atoms with E-state index < -0.39 is 11.7 Å². The summed E-state index contributed by atoms with van der Waals surface area (Å²) in [7, 11) is 0. The van der Waals surface area contributed by atoms with Gasteiger partial charge in [0.2, 0.25) is 0 Å². The van der Waals surface area contributed by atoms with E-state index in [1.54, 1.807) is 13.0 Å². The van der Waals surface area contributed by atoms with Gasteiger partial charge in [0.05, 0.1) is 13.2 Å². The fraction of sp³-hybridized carbons (Fsp3) is 0.273. The first-order valence-corrected chi connectivity index (χ1v) is 4.68. The fourth-order valence-electron chi connectivity index (χ4n) is 1.26. The van der Waals surface area contributed by atoms with Gasteiger partial charge in [-0.2, -0.15) is 5.26 Å². The molecule has 0 unspecified atom stereocenters. The zero-order valence-electron chi connectivity index (χ0n) is 8.73. The lowest BCUT2D eigenvalue weighted by Gasteiger charge is -2.07. The lowest BCUT2D eigenvalue weighted by molar-refractivity contribution is 0.0523. The van der Waals surface area contributed by atoms with Gasteiger partial charge in [-0.3, -0.25) is 0 Å². The second-order valence-corrected chi connectivity index (χ2v) is 2.99. The number of nitriles is 1. The summed E-state index contributed by atoms with van der Waals surface area (Å²) in [5.74, 6) is -1.14. The van der Waals surface area contributed by atoms with Crippen LogP contribution in [0.3, 0.4) is 0 Å². The Balaban J connectivity index is 3.25. The van der Waals surface area contributed by atoms with Crippen LogP contribution in [0.25, 0.3) is 0 Å². The summed E-state index contributed by atoms with van der Waals surface area (Å²) in [6, 6.07) is 4.46. The van der Waals surface area contributed by atoms with Gasteiger partial charge < -0.3 is 14.9 Å². The summed E-state index contributed by atoms with van der Waals surface area (Å²) in [6.07, 6.45) is 0. The highest BCUT2D eigenvalue weighted by molar-refractivity contribution is 5.93. The maximum atomic E-state index is 11.4. The number of carbonyl (C=O) groups is 1. The maximum absolute atomic E-state index is 11.4. The molecule has 0 saturated carbocycles. The predicted octanol–water partition coefficient (Wildman–Crippen LogP) is 0.933. The standard InChI is InChI=1S/C11H11NO4/c1-2-16-11(15)8-4-3-7(6-13)9(5-12)10(8)14/h3-4,13-14H,2,6H2,1H3. The van der Waals surface area contributed by atoms with Crippen LogP contribution >= 0.6 is 0 Å². The summed E-state index contributed by atoms with van der Waals surface area (Å²) in [6.45, 7) is 1.45. The normalized spacial score (nSPS) is 9.56. The number of aliphatic hydroxyl groups is 1. The van der Waals surface area contributed by atoms with E-state index in [0.717, 1.165) is 0 Å². The zero-order chi connectivity index (χ0) is 12.1. The number of nitrogens with zero attached hydrogens (tertiary/aromatic N) is 1. The molecule has 84 valence electrons. The highest BCUT2D eigenvalue weighted by Gasteiger charge is 2.17. The van der Waals surface area contributed by atoms with E-state index in [1.807, 2.05) is 0 Å². The monoisotopic (exact) mass is 221 g/mol. The van der Waals surface area contributed by atoms with Crippen molar-refractivity contribution in [1.29, 1.82) is 5.26 Å². The molecule has 5 heteroatoms. The van der Waals surface area contributed by atoms with E-state index in [9.17, 15) is 9.90 Å². The molecule has 0 aromatic heterocycles. The van der Waals surface area contributed by atoms with Crippen molar-refractivity contribution in [2.75, 3.05) is 6.61 Å². The molecule has 2 N–H and O–H groups in total. The Kier molecular flexibility index (Phi) is 3.86. The molecule has 1 aromatic carbocycles. The zero-order valence-corrected chi connectivity index (χ0v) is 8.73. The molecule has 16 heavy (non-hydrogen) atoms. The number of phenols is 1.